The Hall–Kier alpha value is -0.380. The van der Waals surface area contributed by atoms with Gasteiger partial charge in [-0.25, -0.2) is 0 Å². The molecule has 0 radical (unpaired) electrons. The van der Waals surface area contributed by atoms with Gasteiger partial charge in [0.1, 0.15) is 0 Å². The number of nitrogens with zero attached hydrogens (tertiary/aromatic N) is 1. The van der Waals surface area contributed by atoms with Gasteiger partial charge in [-0.1, -0.05) is 20.8 Å². The van der Waals surface area contributed by atoms with E-state index in [0.717, 1.165) is 19.5 Å². The summed E-state index contributed by atoms with van der Waals surface area (Å²) in [6.07, 6.45) is 1.15. The van der Waals surface area contributed by atoms with Crippen LogP contribution in [0.25, 0.3) is 0 Å². The Labute approximate surface area is 116 Å². The number of hydrogen-bond donors (Lipinski definition) is 1. The van der Waals surface area contributed by atoms with Crippen molar-refractivity contribution in [2.24, 2.45) is 0 Å². The van der Waals surface area contributed by atoms with E-state index in [2.05, 4.69) is 63.3 Å². The third-order valence-electron chi connectivity index (χ3n) is 4.28. The Morgan fingerprint density at radius 2 is 1.94 bits per heavy atom. The molecule has 0 spiro atoms. The third kappa shape index (κ3) is 2.79. The second-order valence-corrected chi connectivity index (χ2v) is 6.02. The van der Waals surface area contributed by atoms with Crippen LogP contribution in [-0.2, 0) is 0 Å². The zero-order chi connectivity index (χ0) is 13.8. The van der Waals surface area contributed by atoms with Crippen LogP contribution in [0.2, 0.25) is 0 Å². The molecule has 0 fully saturated rings. The van der Waals surface area contributed by atoms with Gasteiger partial charge in [-0.05, 0) is 57.4 Å². The lowest BCUT2D eigenvalue weighted by Gasteiger charge is -2.45. The molecular formula is C15H28N2S. The van der Waals surface area contributed by atoms with Gasteiger partial charge in [0.05, 0.1) is 6.04 Å². The largest absolute Gasteiger partial charge is 0.311 e. The van der Waals surface area contributed by atoms with Crippen LogP contribution in [0, 0.1) is 6.92 Å². The highest BCUT2D eigenvalue weighted by molar-refractivity contribution is 7.10. The van der Waals surface area contributed by atoms with Crippen LogP contribution in [0.4, 0.5) is 0 Å². The van der Waals surface area contributed by atoms with E-state index in [9.17, 15) is 0 Å². The van der Waals surface area contributed by atoms with Crippen LogP contribution in [0.1, 0.15) is 50.6 Å². The summed E-state index contributed by atoms with van der Waals surface area (Å²) in [5.74, 6) is 0. The van der Waals surface area contributed by atoms with Crippen molar-refractivity contribution < 1.29 is 0 Å². The second kappa shape index (κ2) is 6.69. The molecule has 18 heavy (non-hydrogen) atoms. The summed E-state index contributed by atoms with van der Waals surface area (Å²) in [5, 5.41) is 5.76. The zero-order valence-electron chi connectivity index (χ0n) is 12.7. The van der Waals surface area contributed by atoms with E-state index in [-0.39, 0.29) is 5.54 Å². The number of rotatable bonds is 7. The molecule has 3 heteroatoms. The van der Waals surface area contributed by atoms with Gasteiger partial charge in [0, 0.05) is 10.4 Å². The molecule has 1 aromatic rings. The van der Waals surface area contributed by atoms with Crippen LogP contribution in [0.5, 0.6) is 0 Å². The molecule has 0 saturated heterocycles. The lowest BCUT2D eigenvalue weighted by atomic mass is 9.85. The summed E-state index contributed by atoms with van der Waals surface area (Å²) in [7, 11) is 2.08. The molecular weight excluding hydrogens is 240 g/mol. The van der Waals surface area contributed by atoms with Gasteiger partial charge in [-0.2, -0.15) is 0 Å². The highest BCUT2D eigenvalue weighted by atomic mass is 32.1. The molecule has 1 N–H and O–H groups in total. The molecule has 1 heterocycles. The molecule has 0 aliphatic rings. The Morgan fingerprint density at radius 3 is 2.28 bits per heavy atom. The van der Waals surface area contributed by atoms with Crippen molar-refractivity contribution in [2.45, 2.75) is 52.6 Å². The third-order valence-corrected chi connectivity index (χ3v) is 5.36. The van der Waals surface area contributed by atoms with Crippen molar-refractivity contribution in [2.75, 3.05) is 20.1 Å². The monoisotopic (exact) mass is 268 g/mol. The Balaban J connectivity index is 3.14. The molecule has 2 nitrogen and oxygen atoms in total. The van der Waals surface area contributed by atoms with Crippen molar-refractivity contribution in [1.82, 2.24) is 10.2 Å². The van der Waals surface area contributed by atoms with E-state index in [4.69, 9.17) is 0 Å². The van der Waals surface area contributed by atoms with Crippen molar-refractivity contribution in [1.29, 1.82) is 0 Å². The fourth-order valence-corrected chi connectivity index (χ4v) is 4.14. The predicted octanol–water partition coefficient (Wildman–Crippen LogP) is 3.83. The average Bonchev–Trinajstić information content (AvgIpc) is 2.78. The minimum absolute atomic E-state index is 0.174. The topological polar surface area (TPSA) is 15.3 Å². The maximum atomic E-state index is 3.55. The molecule has 0 bridgehead atoms. The molecule has 2 atom stereocenters. The van der Waals surface area contributed by atoms with Crippen molar-refractivity contribution >= 4 is 11.3 Å². The smallest absolute Gasteiger partial charge is 0.0599 e. The number of thiophene rings is 1. The first-order valence-corrected chi connectivity index (χ1v) is 7.89. The van der Waals surface area contributed by atoms with Crippen LogP contribution in [0.3, 0.4) is 0 Å². The molecule has 0 aliphatic heterocycles. The summed E-state index contributed by atoms with van der Waals surface area (Å²) in [5.41, 5.74) is 1.58. The van der Waals surface area contributed by atoms with Crippen molar-refractivity contribution in [3.05, 3.63) is 21.9 Å². The van der Waals surface area contributed by atoms with E-state index in [1.54, 1.807) is 0 Å². The molecule has 1 aromatic heterocycles. The van der Waals surface area contributed by atoms with Crippen molar-refractivity contribution in [3.63, 3.8) is 0 Å². The summed E-state index contributed by atoms with van der Waals surface area (Å²) in [6, 6.07) is 2.63. The van der Waals surface area contributed by atoms with Crippen LogP contribution >= 0.6 is 11.3 Å². The first-order valence-electron chi connectivity index (χ1n) is 7.01. The minimum atomic E-state index is 0.174. The molecule has 0 amide bonds. The number of hydrogen-bond acceptors (Lipinski definition) is 3. The summed E-state index contributed by atoms with van der Waals surface area (Å²) in [4.78, 5) is 4.06. The average molecular weight is 268 g/mol. The maximum absolute atomic E-state index is 3.55. The van der Waals surface area contributed by atoms with Gasteiger partial charge in [0.25, 0.3) is 0 Å². The van der Waals surface area contributed by atoms with Crippen LogP contribution in [0.15, 0.2) is 11.4 Å². The fraction of sp³-hybridized carbons (Fsp3) is 0.733. The second-order valence-electron chi connectivity index (χ2n) is 5.07. The molecule has 104 valence electrons. The zero-order valence-corrected chi connectivity index (χ0v) is 13.5. The summed E-state index contributed by atoms with van der Waals surface area (Å²) >= 11 is 1.87. The first kappa shape index (κ1) is 15.7. The standard InChI is InChI=1S/C15H28N2S/c1-7-15(5,17(8-2)9-3)14(16-6)13-12(4)10-11-18-13/h10-11,14,16H,7-9H2,1-6H3. The molecule has 1 rings (SSSR count). The van der Waals surface area contributed by atoms with E-state index in [0.29, 0.717) is 6.04 Å². The van der Waals surface area contributed by atoms with Gasteiger partial charge < -0.3 is 5.32 Å². The quantitative estimate of drug-likeness (QED) is 0.808. The first-order chi connectivity index (χ1) is 8.54. The predicted molar refractivity (Wildman–Crippen MR) is 82.5 cm³/mol. The lowest BCUT2D eigenvalue weighted by molar-refractivity contribution is 0.0739. The molecule has 0 saturated carbocycles. The van der Waals surface area contributed by atoms with Gasteiger partial charge in [-0.3, -0.25) is 4.90 Å². The lowest BCUT2D eigenvalue weighted by Crippen LogP contribution is -2.53. The van der Waals surface area contributed by atoms with Gasteiger partial charge >= 0.3 is 0 Å². The maximum Gasteiger partial charge on any atom is 0.0599 e. The number of nitrogens with one attached hydrogen (secondary N) is 1. The molecule has 0 aromatic carbocycles. The minimum Gasteiger partial charge on any atom is -0.311 e. The SMILES string of the molecule is CCN(CC)C(C)(CC)C(NC)c1sccc1C. The Morgan fingerprint density at radius 1 is 1.33 bits per heavy atom. The van der Waals surface area contributed by atoms with Gasteiger partial charge in [-0.15, -0.1) is 11.3 Å². The van der Waals surface area contributed by atoms with Crippen LogP contribution in [-0.4, -0.2) is 30.6 Å². The van der Waals surface area contributed by atoms with Crippen molar-refractivity contribution in [3.8, 4) is 0 Å². The van der Waals surface area contributed by atoms with Gasteiger partial charge in [0.2, 0.25) is 0 Å². The van der Waals surface area contributed by atoms with E-state index in [1.165, 1.54) is 10.4 Å². The normalized spacial score (nSPS) is 16.8. The van der Waals surface area contributed by atoms with E-state index in [1.807, 2.05) is 11.3 Å². The Bertz CT molecular complexity index is 357. The summed E-state index contributed by atoms with van der Waals surface area (Å²) in [6.45, 7) is 13.6. The number of likely N-dealkylation sites (N-methyl/N-ethyl adjacent to an activating group) is 2. The summed E-state index contributed by atoms with van der Waals surface area (Å²) < 4.78 is 0. The number of aryl methyl sites for hydroxylation is 1. The molecule has 0 aliphatic carbocycles. The molecule has 2 unspecified atom stereocenters. The highest BCUT2D eigenvalue weighted by Crippen LogP contribution is 2.37. The van der Waals surface area contributed by atoms with Crippen LogP contribution < -0.4 is 5.32 Å². The van der Waals surface area contributed by atoms with Gasteiger partial charge in [0.15, 0.2) is 0 Å². The van der Waals surface area contributed by atoms with E-state index >= 15 is 0 Å². The Kier molecular flexibility index (Phi) is 5.83. The fourth-order valence-electron chi connectivity index (χ4n) is 2.96. The highest BCUT2D eigenvalue weighted by Gasteiger charge is 2.38. The van der Waals surface area contributed by atoms with E-state index < -0.39 is 0 Å².